The number of amides is 1. The second kappa shape index (κ2) is 7.64. The van der Waals surface area contributed by atoms with E-state index in [1.54, 1.807) is 12.3 Å². The zero-order chi connectivity index (χ0) is 18.4. The molecule has 0 aromatic carbocycles. The molecule has 2 fully saturated rings. The maximum absolute atomic E-state index is 12.7. The summed E-state index contributed by atoms with van der Waals surface area (Å²) in [7, 11) is 0. The van der Waals surface area contributed by atoms with Crippen molar-refractivity contribution in [2.24, 2.45) is 5.92 Å². The Labute approximate surface area is 169 Å². The first-order chi connectivity index (χ1) is 13.2. The Hall–Kier alpha value is -2.25. The Morgan fingerprint density at radius 3 is 2.79 bits per heavy atom. The molecule has 3 aliphatic rings. The fraction of sp³-hybridized carbons (Fsp3) is 0.500. The fourth-order valence-corrected chi connectivity index (χ4v) is 4.64. The summed E-state index contributed by atoms with van der Waals surface area (Å²) in [5.74, 6) is 0.810. The number of aromatic nitrogens is 3. The lowest BCUT2D eigenvalue weighted by Crippen LogP contribution is -2.44. The summed E-state index contributed by atoms with van der Waals surface area (Å²) >= 11 is 0. The van der Waals surface area contributed by atoms with Crippen LogP contribution in [0.15, 0.2) is 29.3 Å². The maximum Gasteiger partial charge on any atom is 0.274 e. The van der Waals surface area contributed by atoms with Crippen molar-refractivity contribution < 1.29 is 4.79 Å². The molecule has 0 saturated carbocycles. The number of hydrogen-bond donors (Lipinski definition) is 1. The van der Waals surface area contributed by atoms with Crippen LogP contribution in [0.5, 0.6) is 0 Å². The Balaban J connectivity index is 0.00000192. The summed E-state index contributed by atoms with van der Waals surface area (Å²) in [6.45, 7) is 4.22. The lowest BCUT2D eigenvalue weighted by Gasteiger charge is -2.37. The van der Waals surface area contributed by atoms with Gasteiger partial charge in [-0.3, -0.25) is 14.6 Å². The number of halogens is 1. The van der Waals surface area contributed by atoms with Gasteiger partial charge in [0, 0.05) is 49.4 Å². The minimum absolute atomic E-state index is 0. The Morgan fingerprint density at radius 2 is 1.96 bits per heavy atom. The van der Waals surface area contributed by atoms with E-state index in [2.05, 4.69) is 21.4 Å². The molecule has 5 rings (SSSR count). The molecule has 0 unspecified atom stereocenters. The molecule has 7 nitrogen and oxygen atoms in total. The van der Waals surface area contributed by atoms with E-state index < -0.39 is 0 Å². The highest BCUT2D eigenvalue weighted by atomic mass is 35.5. The SMILES string of the molecule is Cl.O=C(c1cncc(-c2cc3n(c(=O)c2)C[C@@H]2CNC[C@H]3C2)n1)N1CCCC1. The topological polar surface area (TPSA) is 80.1 Å². The van der Waals surface area contributed by atoms with E-state index in [9.17, 15) is 9.59 Å². The van der Waals surface area contributed by atoms with Crippen LogP contribution in [-0.2, 0) is 6.54 Å². The van der Waals surface area contributed by atoms with Crippen molar-refractivity contribution in [2.45, 2.75) is 31.7 Å². The van der Waals surface area contributed by atoms with Crippen LogP contribution < -0.4 is 10.9 Å². The molecular formula is C20H24ClN5O2. The number of likely N-dealkylation sites (tertiary alicyclic amines) is 1. The largest absolute Gasteiger partial charge is 0.337 e. The number of rotatable bonds is 2. The van der Waals surface area contributed by atoms with E-state index in [-0.39, 0.29) is 23.9 Å². The fourth-order valence-electron chi connectivity index (χ4n) is 4.64. The molecule has 1 amide bonds. The van der Waals surface area contributed by atoms with Crippen molar-refractivity contribution in [3.05, 3.63) is 46.3 Å². The molecule has 28 heavy (non-hydrogen) atoms. The van der Waals surface area contributed by atoms with Gasteiger partial charge in [0.05, 0.1) is 18.1 Å². The molecule has 2 bridgehead atoms. The van der Waals surface area contributed by atoms with Gasteiger partial charge in [-0.2, -0.15) is 0 Å². The van der Waals surface area contributed by atoms with Crippen LogP contribution in [0.25, 0.3) is 11.3 Å². The quantitative estimate of drug-likeness (QED) is 0.828. The van der Waals surface area contributed by atoms with Crippen LogP contribution in [0.3, 0.4) is 0 Å². The number of fused-ring (bicyclic) bond motifs is 4. The molecule has 2 aromatic heterocycles. The molecule has 0 aliphatic carbocycles. The highest BCUT2D eigenvalue weighted by molar-refractivity contribution is 5.92. The summed E-state index contributed by atoms with van der Waals surface area (Å²) in [6, 6.07) is 3.69. The van der Waals surface area contributed by atoms with Gasteiger partial charge in [-0.1, -0.05) is 0 Å². The number of hydrogen-bond acceptors (Lipinski definition) is 5. The molecular weight excluding hydrogens is 378 g/mol. The highest BCUT2D eigenvalue weighted by Gasteiger charge is 2.31. The predicted molar refractivity (Wildman–Crippen MR) is 108 cm³/mol. The van der Waals surface area contributed by atoms with Crippen molar-refractivity contribution in [1.29, 1.82) is 0 Å². The van der Waals surface area contributed by atoms with Crippen LogP contribution in [0, 0.1) is 5.92 Å². The van der Waals surface area contributed by atoms with Crippen LogP contribution in [-0.4, -0.2) is 51.5 Å². The average Bonchev–Trinajstić information content (AvgIpc) is 3.23. The van der Waals surface area contributed by atoms with Gasteiger partial charge in [-0.25, -0.2) is 4.98 Å². The third-order valence-corrected chi connectivity index (χ3v) is 6.00. The number of piperidine rings is 1. The van der Waals surface area contributed by atoms with E-state index in [0.29, 0.717) is 23.2 Å². The first-order valence-electron chi connectivity index (χ1n) is 9.76. The van der Waals surface area contributed by atoms with Gasteiger partial charge >= 0.3 is 0 Å². The monoisotopic (exact) mass is 401 g/mol. The third-order valence-electron chi connectivity index (χ3n) is 6.00. The van der Waals surface area contributed by atoms with E-state index in [4.69, 9.17) is 0 Å². The van der Waals surface area contributed by atoms with E-state index >= 15 is 0 Å². The Morgan fingerprint density at radius 1 is 1.14 bits per heavy atom. The number of pyridine rings is 1. The summed E-state index contributed by atoms with van der Waals surface area (Å²) in [4.78, 5) is 35.9. The normalized spacial score (nSPS) is 23.1. The van der Waals surface area contributed by atoms with Crippen LogP contribution in [0.1, 0.15) is 41.4 Å². The minimum atomic E-state index is -0.0733. The van der Waals surface area contributed by atoms with Gasteiger partial charge in [-0.05, 0) is 37.8 Å². The third kappa shape index (κ3) is 3.33. The van der Waals surface area contributed by atoms with Crippen molar-refractivity contribution in [2.75, 3.05) is 26.2 Å². The summed E-state index contributed by atoms with van der Waals surface area (Å²) in [6.07, 6.45) is 6.35. The number of nitrogens with one attached hydrogen (secondary N) is 1. The second-order valence-electron chi connectivity index (χ2n) is 7.86. The van der Waals surface area contributed by atoms with E-state index in [0.717, 1.165) is 63.2 Å². The van der Waals surface area contributed by atoms with Crippen molar-refractivity contribution >= 4 is 18.3 Å². The molecule has 8 heteroatoms. The van der Waals surface area contributed by atoms with Crippen molar-refractivity contribution in [3.63, 3.8) is 0 Å². The summed E-state index contributed by atoms with van der Waals surface area (Å²) in [5.41, 5.74) is 2.77. The van der Waals surface area contributed by atoms with E-state index in [1.165, 1.54) is 6.20 Å². The van der Waals surface area contributed by atoms with Gasteiger partial charge in [0.2, 0.25) is 0 Å². The van der Waals surface area contributed by atoms with Crippen LogP contribution in [0.4, 0.5) is 0 Å². The second-order valence-corrected chi connectivity index (χ2v) is 7.86. The minimum Gasteiger partial charge on any atom is -0.337 e. The van der Waals surface area contributed by atoms with Gasteiger partial charge in [0.1, 0.15) is 5.69 Å². The van der Waals surface area contributed by atoms with Gasteiger partial charge in [0.15, 0.2) is 0 Å². The first kappa shape index (κ1) is 19.1. The molecule has 5 heterocycles. The lowest BCUT2D eigenvalue weighted by atomic mass is 9.83. The number of carbonyl (C=O) groups is 1. The van der Waals surface area contributed by atoms with Crippen molar-refractivity contribution in [3.8, 4) is 11.3 Å². The zero-order valence-corrected chi connectivity index (χ0v) is 16.5. The Kier molecular flexibility index (Phi) is 5.21. The summed E-state index contributed by atoms with van der Waals surface area (Å²) in [5, 5.41) is 3.47. The summed E-state index contributed by atoms with van der Waals surface area (Å²) < 4.78 is 1.91. The lowest BCUT2D eigenvalue weighted by molar-refractivity contribution is 0.0786. The number of nitrogens with zero attached hydrogens (tertiary/aromatic N) is 4. The maximum atomic E-state index is 12.7. The Bertz CT molecular complexity index is 954. The zero-order valence-electron chi connectivity index (χ0n) is 15.6. The molecule has 2 aromatic rings. The first-order valence-corrected chi connectivity index (χ1v) is 9.76. The highest BCUT2D eigenvalue weighted by Crippen LogP contribution is 2.33. The molecule has 2 saturated heterocycles. The molecule has 0 spiro atoms. The smallest absolute Gasteiger partial charge is 0.274 e. The molecule has 3 aliphatic heterocycles. The predicted octanol–water partition coefficient (Wildman–Crippen LogP) is 1.67. The van der Waals surface area contributed by atoms with Crippen LogP contribution in [0.2, 0.25) is 0 Å². The van der Waals surface area contributed by atoms with Crippen LogP contribution >= 0.6 is 12.4 Å². The van der Waals surface area contributed by atoms with E-state index in [1.807, 2.05) is 9.47 Å². The van der Waals surface area contributed by atoms with Gasteiger partial charge < -0.3 is 14.8 Å². The molecule has 0 radical (unpaired) electrons. The molecule has 1 N–H and O–H groups in total. The van der Waals surface area contributed by atoms with Gasteiger partial charge in [0.25, 0.3) is 11.5 Å². The molecule has 148 valence electrons. The van der Waals surface area contributed by atoms with Crippen molar-refractivity contribution in [1.82, 2.24) is 24.8 Å². The van der Waals surface area contributed by atoms with Gasteiger partial charge in [-0.15, -0.1) is 12.4 Å². The standard InChI is InChI=1S/C20H23N5O2.ClH/c26-19-7-14(6-18-15-5-13(8-21-9-15)12-25(18)19)16-10-22-11-17(23-16)20(27)24-3-1-2-4-24;/h6-7,10-11,13,15,21H,1-5,8-9,12H2;1H/t13-,15+;/m0./s1. The number of carbonyl (C=O) groups excluding carboxylic acids is 1. The molecule has 2 atom stereocenters. The average molecular weight is 402 g/mol.